The Morgan fingerprint density at radius 2 is 1.96 bits per heavy atom. The Balaban J connectivity index is 1.48. The molecule has 0 bridgehead atoms. The zero-order valence-corrected chi connectivity index (χ0v) is 26.2. The first-order valence-corrected chi connectivity index (χ1v) is 15.2. The highest BCUT2D eigenvalue weighted by Gasteiger charge is 2.41. The molecule has 1 unspecified atom stereocenters. The SMILES string of the molecule is CC(Nc1nc(CC2CC2)c(C(N)=O)c(-c2ccc3c(c2)OC(C)(C)C(=O)N3Cc2ncc(Cl)cn2)c1C=N)c1ccc(F)cn1. The number of primary amides is 1. The number of carbonyl (C=O) groups is 2. The van der Waals surface area contributed by atoms with Gasteiger partial charge in [0.05, 0.1) is 46.4 Å². The minimum atomic E-state index is -1.23. The summed E-state index contributed by atoms with van der Waals surface area (Å²) in [5.41, 5.74) is 7.90. The van der Waals surface area contributed by atoms with Crippen molar-refractivity contribution in [1.82, 2.24) is 19.9 Å². The molecule has 4 heterocycles. The third-order valence-corrected chi connectivity index (χ3v) is 8.26. The number of rotatable bonds is 10. The smallest absolute Gasteiger partial charge is 0.271 e. The van der Waals surface area contributed by atoms with Crippen LogP contribution in [-0.4, -0.2) is 43.6 Å². The number of fused-ring (bicyclic) bond motifs is 1. The molecule has 3 aromatic heterocycles. The Labute approximate surface area is 269 Å². The van der Waals surface area contributed by atoms with Crippen molar-refractivity contribution >= 4 is 41.1 Å². The van der Waals surface area contributed by atoms with Crippen molar-refractivity contribution in [1.29, 1.82) is 5.41 Å². The predicted octanol–water partition coefficient (Wildman–Crippen LogP) is 5.65. The van der Waals surface area contributed by atoms with Gasteiger partial charge < -0.3 is 21.2 Å². The van der Waals surface area contributed by atoms with Crippen molar-refractivity contribution < 1.29 is 18.7 Å². The largest absolute Gasteiger partial charge is 0.476 e. The Hall–Kier alpha value is -4.97. The Morgan fingerprint density at radius 1 is 1.22 bits per heavy atom. The first-order chi connectivity index (χ1) is 21.9. The van der Waals surface area contributed by atoms with Crippen LogP contribution in [0.25, 0.3) is 11.1 Å². The topological polar surface area (TPSA) is 160 Å². The van der Waals surface area contributed by atoms with Crippen molar-refractivity contribution in [2.24, 2.45) is 11.7 Å². The van der Waals surface area contributed by atoms with Crippen LogP contribution in [0, 0.1) is 17.1 Å². The number of halogens is 2. The lowest BCUT2D eigenvalue weighted by molar-refractivity contribution is -0.132. The van der Waals surface area contributed by atoms with Crippen LogP contribution in [0.1, 0.15) is 72.8 Å². The van der Waals surface area contributed by atoms with Gasteiger partial charge in [0.1, 0.15) is 23.2 Å². The summed E-state index contributed by atoms with van der Waals surface area (Å²) in [6.45, 7) is 5.28. The molecule has 46 heavy (non-hydrogen) atoms. The summed E-state index contributed by atoms with van der Waals surface area (Å²) in [5.74, 6) is 0.114. The summed E-state index contributed by atoms with van der Waals surface area (Å²) in [6, 6.07) is 7.72. The van der Waals surface area contributed by atoms with Gasteiger partial charge in [-0.25, -0.2) is 19.3 Å². The van der Waals surface area contributed by atoms with E-state index < -0.39 is 23.4 Å². The number of ether oxygens (including phenoxy) is 1. The van der Waals surface area contributed by atoms with E-state index in [2.05, 4.69) is 20.3 Å². The maximum absolute atomic E-state index is 13.6. The van der Waals surface area contributed by atoms with Crippen LogP contribution in [0.2, 0.25) is 5.02 Å². The second-order valence-electron chi connectivity index (χ2n) is 12.0. The molecular formula is C33H32ClFN8O3. The summed E-state index contributed by atoms with van der Waals surface area (Å²) in [5, 5.41) is 12.1. The lowest BCUT2D eigenvalue weighted by atomic mass is 9.91. The number of nitrogens with two attached hydrogens (primary N) is 1. The predicted molar refractivity (Wildman–Crippen MR) is 172 cm³/mol. The zero-order chi connectivity index (χ0) is 32.7. The summed E-state index contributed by atoms with van der Waals surface area (Å²) in [6.07, 6.45) is 7.78. The van der Waals surface area contributed by atoms with E-state index in [-0.39, 0.29) is 18.0 Å². The van der Waals surface area contributed by atoms with E-state index in [9.17, 15) is 14.0 Å². The van der Waals surface area contributed by atoms with E-state index in [1.54, 1.807) is 43.0 Å². The molecule has 0 saturated heterocycles. The first kappa shape index (κ1) is 31.0. The minimum Gasteiger partial charge on any atom is -0.476 e. The molecule has 1 fully saturated rings. The van der Waals surface area contributed by atoms with Crippen LogP contribution in [0.3, 0.4) is 0 Å². The third-order valence-electron chi connectivity index (χ3n) is 8.06. The summed E-state index contributed by atoms with van der Waals surface area (Å²) < 4.78 is 19.8. The fourth-order valence-corrected chi connectivity index (χ4v) is 5.67. The number of nitrogens with one attached hydrogen (secondary N) is 2. The van der Waals surface area contributed by atoms with Gasteiger partial charge in [-0.1, -0.05) is 17.7 Å². The number of pyridine rings is 2. The zero-order valence-electron chi connectivity index (χ0n) is 25.5. The van der Waals surface area contributed by atoms with E-state index >= 15 is 0 Å². The summed E-state index contributed by atoms with van der Waals surface area (Å²) in [7, 11) is 0. The first-order valence-electron chi connectivity index (χ1n) is 14.8. The molecular weight excluding hydrogens is 611 g/mol. The van der Waals surface area contributed by atoms with Gasteiger partial charge in [0.25, 0.3) is 11.8 Å². The van der Waals surface area contributed by atoms with Gasteiger partial charge in [-0.15, -0.1) is 0 Å². The van der Waals surface area contributed by atoms with Crippen molar-refractivity contribution in [3.05, 3.63) is 88.1 Å². The Morgan fingerprint density at radius 3 is 2.59 bits per heavy atom. The number of nitrogens with zero attached hydrogens (tertiary/aromatic N) is 5. The number of carbonyl (C=O) groups excluding carboxylic acids is 2. The van der Waals surface area contributed by atoms with Gasteiger partial charge in [0.2, 0.25) is 0 Å². The molecule has 1 saturated carbocycles. The van der Waals surface area contributed by atoms with Crippen molar-refractivity contribution in [2.45, 2.75) is 58.2 Å². The van der Waals surface area contributed by atoms with Crippen molar-refractivity contribution in [3.63, 3.8) is 0 Å². The second kappa shape index (κ2) is 12.1. The van der Waals surface area contributed by atoms with Gasteiger partial charge in [-0.2, -0.15) is 0 Å². The van der Waals surface area contributed by atoms with Crippen LogP contribution in [-0.2, 0) is 17.8 Å². The molecule has 4 N–H and O–H groups in total. The average molecular weight is 643 g/mol. The highest BCUT2D eigenvalue weighted by atomic mass is 35.5. The van der Waals surface area contributed by atoms with Crippen molar-refractivity contribution in [2.75, 3.05) is 10.2 Å². The van der Waals surface area contributed by atoms with Crippen LogP contribution in [0.5, 0.6) is 5.75 Å². The molecule has 4 aromatic rings. The number of hydrogen-bond acceptors (Lipinski definition) is 9. The third kappa shape index (κ3) is 6.12. The standard InChI is InChI=1S/C33H32ClFN8O3/c1-17(23-8-7-21(35)15-38-23)41-31-22(12-36)28(29(30(37)44)24(42-31)10-18-4-5-18)19-6-9-25-26(11-19)46-33(2,3)32(45)43(25)16-27-39-13-20(34)14-40-27/h6-9,11-15,17-18,36H,4-5,10,16H2,1-3H3,(H2,37,44)(H,41,42). The Kier molecular flexibility index (Phi) is 8.15. The van der Waals surface area contributed by atoms with E-state index in [1.165, 1.54) is 18.5 Å². The number of anilines is 2. The van der Waals surface area contributed by atoms with E-state index in [0.29, 0.717) is 68.5 Å². The Bertz CT molecular complexity index is 1850. The highest BCUT2D eigenvalue weighted by Crippen LogP contribution is 2.44. The number of amides is 2. The number of benzene rings is 1. The minimum absolute atomic E-state index is 0.0809. The molecule has 0 spiro atoms. The molecule has 1 atom stereocenters. The van der Waals surface area contributed by atoms with E-state index in [0.717, 1.165) is 25.3 Å². The maximum atomic E-state index is 13.6. The van der Waals surface area contributed by atoms with Gasteiger partial charge in [-0.05, 0) is 75.8 Å². The van der Waals surface area contributed by atoms with Gasteiger partial charge in [0.15, 0.2) is 5.60 Å². The van der Waals surface area contributed by atoms with E-state index in [4.69, 9.17) is 32.5 Å². The normalized spacial score (nSPS) is 15.9. The monoisotopic (exact) mass is 642 g/mol. The summed E-state index contributed by atoms with van der Waals surface area (Å²) >= 11 is 5.96. The molecule has 1 aromatic carbocycles. The van der Waals surface area contributed by atoms with Gasteiger partial charge in [-0.3, -0.25) is 19.5 Å². The average Bonchev–Trinajstić information content (AvgIpc) is 3.84. The van der Waals surface area contributed by atoms with E-state index in [1.807, 2.05) is 6.92 Å². The molecule has 2 aliphatic rings. The second-order valence-corrected chi connectivity index (χ2v) is 12.4. The molecule has 6 rings (SSSR count). The summed E-state index contributed by atoms with van der Waals surface area (Å²) in [4.78, 5) is 45.7. The molecule has 1 aliphatic heterocycles. The van der Waals surface area contributed by atoms with Crippen LogP contribution in [0.15, 0.2) is 48.9 Å². The molecule has 236 valence electrons. The fourth-order valence-electron chi connectivity index (χ4n) is 5.58. The molecule has 11 nitrogen and oxygen atoms in total. The van der Waals surface area contributed by atoms with Gasteiger partial charge >= 0.3 is 0 Å². The molecule has 1 aliphatic carbocycles. The number of hydrogen-bond donors (Lipinski definition) is 3. The lowest BCUT2D eigenvalue weighted by Gasteiger charge is -2.38. The van der Waals surface area contributed by atoms with Crippen LogP contribution >= 0.6 is 11.6 Å². The molecule has 2 amide bonds. The maximum Gasteiger partial charge on any atom is 0.271 e. The van der Waals surface area contributed by atoms with Crippen molar-refractivity contribution in [3.8, 4) is 16.9 Å². The van der Waals surface area contributed by atoms with Gasteiger partial charge in [0, 0.05) is 29.7 Å². The highest BCUT2D eigenvalue weighted by molar-refractivity contribution is 6.30. The quantitative estimate of drug-likeness (QED) is 0.187. The van der Waals surface area contributed by atoms with Crippen LogP contribution in [0.4, 0.5) is 15.9 Å². The lowest BCUT2D eigenvalue weighted by Crippen LogP contribution is -2.52. The van der Waals surface area contributed by atoms with Crippen LogP contribution < -0.4 is 20.7 Å². The molecule has 0 radical (unpaired) electrons. The fraction of sp³-hybridized carbons (Fsp3) is 0.303. The molecule has 13 heteroatoms. The number of aromatic nitrogens is 4.